The van der Waals surface area contributed by atoms with E-state index in [1.807, 2.05) is 50.2 Å². The first-order chi connectivity index (χ1) is 13.9. The minimum absolute atomic E-state index is 0.0360. The van der Waals surface area contributed by atoms with Gasteiger partial charge in [-0.3, -0.25) is 14.4 Å². The number of carbonyl (C=O) groups is 3. The van der Waals surface area contributed by atoms with Crippen LogP contribution >= 0.6 is 0 Å². The van der Waals surface area contributed by atoms with E-state index in [4.69, 9.17) is 4.74 Å². The number of hydrogen-bond donors (Lipinski definition) is 1. The van der Waals surface area contributed by atoms with E-state index >= 15 is 0 Å². The van der Waals surface area contributed by atoms with Crippen molar-refractivity contribution in [2.45, 2.75) is 52.0 Å². The van der Waals surface area contributed by atoms with Crippen molar-refractivity contribution in [3.8, 4) is 0 Å². The molecule has 0 aromatic heterocycles. The number of esters is 1. The Morgan fingerprint density at radius 3 is 2.69 bits per heavy atom. The quantitative estimate of drug-likeness (QED) is 0.570. The second kappa shape index (κ2) is 9.50. The molecule has 1 N–H and O–H groups in total. The predicted molar refractivity (Wildman–Crippen MR) is 111 cm³/mol. The number of hydrogen-bond acceptors (Lipinski definition) is 4. The molecule has 3 rings (SSSR count). The lowest BCUT2D eigenvalue weighted by atomic mass is 9.88. The molecule has 5 heteroatoms. The zero-order chi connectivity index (χ0) is 20.8. The van der Waals surface area contributed by atoms with Gasteiger partial charge in [-0.1, -0.05) is 42.0 Å². The monoisotopic (exact) mass is 393 g/mol. The average Bonchev–Trinajstić information content (AvgIpc) is 2.72. The molecule has 0 bridgehead atoms. The van der Waals surface area contributed by atoms with Crippen LogP contribution in [0.25, 0.3) is 0 Å². The van der Waals surface area contributed by atoms with Crippen LogP contribution in [0.5, 0.6) is 0 Å². The number of rotatable bonds is 7. The van der Waals surface area contributed by atoms with Crippen LogP contribution in [-0.4, -0.2) is 24.3 Å². The molecule has 0 aliphatic heterocycles. The van der Waals surface area contributed by atoms with Crippen molar-refractivity contribution in [3.63, 3.8) is 0 Å². The highest BCUT2D eigenvalue weighted by Crippen LogP contribution is 2.29. The van der Waals surface area contributed by atoms with Gasteiger partial charge in [-0.2, -0.15) is 0 Å². The summed E-state index contributed by atoms with van der Waals surface area (Å²) in [6, 6.07) is 13.7. The Labute approximate surface area is 171 Å². The third-order valence-electron chi connectivity index (χ3n) is 5.32. The van der Waals surface area contributed by atoms with Gasteiger partial charge in [0, 0.05) is 12.0 Å². The van der Waals surface area contributed by atoms with Crippen molar-refractivity contribution in [3.05, 3.63) is 70.3 Å². The molecule has 0 heterocycles. The standard InChI is InChI=1S/C24H27NO4/c1-16-10-11-17(2)20(14-16)22(26)12-13-24(28)29-15-23(27)25-21-9-5-7-18-6-3-4-8-19(18)21/h3-4,6,8,10-11,14,21H,5,7,9,12-13,15H2,1-2H3,(H,25,27)/t21-/m1/s1. The summed E-state index contributed by atoms with van der Waals surface area (Å²) in [5, 5.41) is 2.95. The summed E-state index contributed by atoms with van der Waals surface area (Å²) in [7, 11) is 0. The molecule has 0 radical (unpaired) electrons. The highest BCUT2D eigenvalue weighted by Gasteiger charge is 2.22. The third-order valence-corrected chi connectivity index (χ3v) is 5.32. The molecule has 0 spiro atoms. The van der Waals surface area contributed by atoms with Gasteiger partial charge in [0.05, 0.1) is 12.5 Å². The summed E-state index contributed by atoms with van der Waals surface area (Å²) >= 11 is 0. The van der Waals surface area contributed by atoms with E-state index in [1.54, 1.807) is 0 Å². The van der Waals surface area contributed by atoms with Gasteiger partial charge in [0.25, 0.3) is 5.91 Å². The van der Waals surface area contributed by atoms with Gasteiger partial charge in [-0.15, -0.1) is 0 Å². The Balaban J connectivity index is 1.44. The molecule has 2 aromatic carbocycles. The van der Waals surface area contributed by atoms with Crippen molar-refractivity contribution >= 4 is 17.7 Å². The van der Waals surface area contributed by atoms with Gasteiger partial charge in [0.1, 0.15) is 0 Å². The highest BCUT2D eigenvalue weighted by atomic mass is 16.5. The van der Waals surface area contributed by atoms with Crippen molar-refractivity contribution in [1.29, 1.82) is 0 Å². The maximum atomic E-state index is 12.4. The first-order valence-electron chi connectivity index (χ1n) is 10.1. The van der Waals surface area contributed by atoms with Gasteiger partial charge in [-0.25, -0.2) is 0 Å². The number of ether oxygens (including phenoxy) is 1. The summed E-state index contributed by atoms with van der Waals surface area (Å²) in [6.07, 6.45) is 2.95. The minimum atomic E-state index is -0.539. The lowest BCUT2D eigenvalue weighted by molar-refractivity contribution is -0.148. The largest absolute Gasteiger partial charge is 0.456 e. The molecule has 0 unspecified atom stereocenters. The molecule has 1 atom stereocenters. The number of ketones is 1. The lowest BCUT2D eigenvalue weighted by Gasteiger charge is -2.26. The maximum Gasteiger partial charge on any atom is 0.306 e. The number of nitrogens with one attached hydrogen (secondary N) is 1. The minimum Gasteiger partial charge on any atom is -0.456 e. The summed E-state index contributed by atoms with van der Waals surface area (Å²) in [6.45, 7) is 3.47. The van der Waals surface area contributed by atoms with E-state index in [1.165, 1.54) is 5.56 Å². The lowest BCUT2D eigenvalue weighted by Crippen LogP contribution is -2.34. The van der Waals surface area contributed by atoms with Gasteiger partial charge in [0.2, 0.25) is 0 Å². The number of amides is 1. The summed E-state index contributed by atoms with van der Waals surface area (Å²) in [5.74, 6) is -0.949. The molecule has 2 aromatic rings. The highest BCUT2D eigenvalue weighted by molar-refractivity contribution is 5.99. The van der Waals surface area contributed by atoms with Gasteiger partial charge in [0.15, 0.2) is 12.4 Å². The Bertz CT molecular complexity index is 919. The van der Waals surface area contributed by atoms with Crippen LogP contribution in [0.1, 0.15) is 64.3 Å². The van der Waals surface area contributed by atoms with Crippen LogP contribution in [0, 0.1) is 13.8 Å². The normalized spacial score (nSPS) is 15.3. The maximum absolute atomic E-state index is 12.4. The summed E-state index contributed by atoms with van der Waals surface area (Å²) in [5.41, 5.74) is 4.92. The fraction of sp³-hybridized carbons (Fsp3) is 0.375. The van der Waals surface area contributed by atoms with Crippen LogP contribution in [-0.2, 0) is 20.7 Å². The van der Waals surface area contributed by atoms with E-state index < -0.39 is 5.97 Å². The Morgan fingerprint density at radius 1 is 1.07 bits per heavy atom. The van der Waals surface area contributed by atoms with Gasteiger partial charge >= 0.3 is 5.97 Å². The number of Topliss-reactive ketones (excluding diaryl/α,β-unsaturated/α-hetero) is 1. The van der Waals surface area contributed by atoms with Crippen molar-refractivity contribution < 1.29 is 19.1 Å². The first kappa shape index (κ1) is 20.8. The summed E-state index contributed by atoms with van der Waals surface area (Å²) in [4.78, 5) is 36.5. The Kier molecular flexibility index (Phi) is 6.81. The molecule has 152 valence electrons. The van der Waals surface area contributed by atoms with E-state index in [9.17, 15) is 14.4 Å². The molecular weight excluding hydrogens is 366 g/mol. The van der Waals surface area contributed by atoms with E-state index in [0.717, 1.165) is 36.0 Å². The van der Waals surface area contributed by atoms with Crippen molar-refractivity contribution in [1.82, 2.24) is 5.32 Å². The molecule has 5 nitrogen and oxygen atoms in total. The molecular formula is C24H27NO4. The van der Waals surface area contributed by atoms with E-state index in [-0.39, 0.29) is 37.2 Å². The van der Waals surface area contributed by atoms with Crippen LogP contribution in [0.15, 0.2) is 42.5 Å². The fourth-order valence-corrected chi connectivity index (χ4v) is 3.74. The first-order valence-corrected chi connectivity index (χ1v) is 10.1. The molecule has 1 amide bonds. The van der Waals surface area contributed by atoms with Crippen molar-refractivity contribution in [2.24, 2.45) is 0 Å². The van der Waals surface area contributed by atoms with Crippen LogP contribution in [0.4, 0.5) is 0 Å². The Morgan fingerprint density at radius 2 is 1.86 bits per heavy atom. The topological polar surface area (TPSA) is 72.5 Å². The second-order valence-corrected chi connectivity index (χ2v) is 7.61. The van der Waals surface area contributed by atoms with Gasteiger partial charge < -0.3 is 10.1 Å². The zero-order valence-corrected chi connectivity index (χ0v) is 17.0. The van der Waals surface area contributed by atoms with Crippen molar-refractivity contribution in [2.75, 3.05) is 6.61 Å². The SMILES string of the molecule is Cc1ccc(C)c(C(=O)CCC(=O)OCC(=O)N[C@@H]2CCCc3ccccc32)c1. The molecule has 0 saturated carbocycles. The third kappa shape index (κ3) is 5.53. The summed E-state index contributed by atoms with van der Waals surface area (Å²) < 4.78 is 5.07. The fourth-order valence-electron chi connectivity index (χ4n) is 3.74. The predicted octanol–water partition coefficient (Wildman–Crippen LogP) is 4.00. The van der Waals surface area contributed by atoms with Crippen LogP contribution < -0.4 is 5.32 Å². The van der Waals surface area contributed by atoms with E-state index in [0.29, 0.717) is 5.56 Å². The zero-order valence-electron chi connectivity index (χ0n) is 17.0. The number of fused-ring (bicyclic) bond motifs is 1. The molecule has 0 saturated heterocycles. The second-order valence-electron chi connectivity index (χ2n) is 7.61. The Hall–Kier alpha value is -2.95. The van der Waals surface area contributed by atoms with Crippen LogP contribution in [0.2, 0.25) is 0 Å². The average molecular weight is 393 g/mol. The molecule has 29 heavy (non-hydrogen) atoms. The van der Waals surface area contributed by atoms with Crippen LogP contribution in [0.3, 0.4) is 0 Å². The number of benzene rings is 2. The molecule has 1 aliphatic carbocycles. The van der Waals surface area contributed by atoms with Gasteiger partial charge in [-0.05, 0) is 55.9 Å². The smallest absolute Gasteiger partial charge is 0.306 e. The molecule has 1 aliphatic rings. The van der Waals surface area contributed by atoms with E-state index in [2.05, 4.69) is 11.4 Å². The number of aryl methyl sites for hydroxylation is 3. The molecule has 0 fully saturated rings. The number of carbonyl (C=O) groups excluding carboxylic acids is 3.